The summed E-state index contributed by atoms with van der Waals surface area (Å²) in [7, 11) is 0. The Morgan fingerprint density at radius 1 is 1.18 bits per heavy atom. The number of carbonyl (C=O) groups is 1. The van der Waals surface area contributed by atoms with Crippen molar-refractivity contribution in [1.29, 1.82) is 0 Å². The summed E-state index contributed by atoms with van der Waals surface area (Å²) in [4.78, 5) is 24.2. The molecule has 28 heavy (non-hydrogen) atoms. The molecule has 0 aromatic carbocycles. The van der Waals surface area contributed by atoms with Crippen LogP contribution in [0.3, 0.4) is 0 Å². The molecule has 1 amide bonds. The van der Waals surface area contributed by atoms with Crippen molar-refractivity contribution in [1.82, 2.24) is 14.3 Å². The van der Waals surface area contributed by atoms with Crippen molar-refractivity contribution in [2.24, 2.45) is 5.92 Å². The number of hydrogen-bond donors (Lipinski definition) is 1. The molecule has 2 atom stereocenters. The van der Waals surface area contributed by atoms with Gasteiger partial charge in [0.1, 0.15) is 5.82 Å². The van der Waals surface area contributed by atoms with Crippen molar-refractivity contribution in [3.05, 3.63) is 11.8 Å². The second kappa shape index (κ2) is 8.57. The molecule has 154 valence electrons. The Morgan fingerprint density at radius 2 is 1.96 bits per heavy atom. The minimum atomic E-state index is 0.231. The fourth-order valence-electron chi connectivity index (χ4n) is 4.77. The Balaban J connectivity index is 1.46. The van der Waals surface area contributed by atoms with Crippen LogP contribution in [0.1, 0.15) is 64.9 Å². The average molecular weight is 404 g/mol. The van der Waals surface area contributed by atoms with Gasteiger partial charge < -0.3 is 5.32 Å². The van der Waals surface area contributed by atoms with E-state index in [1.165, 1.54) is 12.8 Å². The quantitative estimate of drug-likeness (QED) is 0.753. The van der Waals surface area contributed by atoms with Gasteiger partial charge in [-0.3, -0.25) is 14.0 Å². The number of piperidine rings is 1. The van der Waals surface area contributed by atoms with Crippen LogP contribution in [0.15, 0.2) is 6.20 Å². The Hall–Kier alpha value is -1.34. The molecule has 6 nitrogen and oxygen atoms in total. The molecule has 2 unspecified atom stereocenters. The van der Waals surface area contributed by atoms with Gasteiger partial charge in [-0.05, 0) is 38.0 Å². The molecule has 0 radical (unpaired) electrons. The van der Waals surface area contributed by atoms with Crippen LogP contribution in [-0.4, -0.2) is 50.6 Å². The number of carbonyl (C=O) groups excluding carboxylic acids is 1. The Bertz CT molecular complexity index is 704. The van der Waals surface area contributed by atoms with Gasteiger partial charge in [-0.1, -0.05) is 39.1 Å². The zero-order chi connectivity index (χ0) is 19.7. The first-order valence-electron chi connectivity index (χ1n) is 10.9. The van der Waals surface area contributed by atoms with E-state index in [1.54, 1.807) is 0 Å². The van der Waals surface area contributed by atoms with Gasteiger partial charge in [0.2, 0.25) is 11.9 Å². The van der Waals surface area contributed by atoms with E-state index in [-0.39, 0.29) is 5.91 Å². The first-order valence-corrected chi connectivity index (χ1v) is 11.7. The highest BCUT2D eigenvalue weighted by molar-refractivity contribution is 7.97. The maximum atomic E-state index is 12.8. The summed E-state index contributed by atoms with van der Waals surface area (Å²) in [6.45, 7) is 8.94. The standard InChI is InChI=1S/C21H33N5OS/c1-14(2)28-25-11-9-17(10-12-25)23-21-22-13-16-7-8-19(27)26(20(16)24-21)18-6-4-5-15(18)3/h13-15,17-18H,4-12H2,1-3H3,(H,22,23,24). The Kier molecular flexibility index (Phi) is 6.11. The monoisotopic (exact) mass is 403 g/mol. The number of hydrogen-bond acceptors (Lipinski definition) is 6. The van der Waals surface area contributed by atoms with E-state index in [2.05, 4.69) is 35.4 Å². The normalized spacial score (nSPS) is 26.7. The van der Waals surface area contributed by atoms with Crippen molar-refractivity contribution in [2.45, 2.75) is 83.1 Å². The van der Waals surface area contributed by atoms with E-state index in [9.17, 15) is 4.79 Å². The fourth-order valence-corrected chi connectivity index (χ4v) is 5.79. The summed E-state index contributed by atoms with van der Waals surface area (Å²) in [5.74, 6) is 2.32. The molecule has 2 aliphatic heterocycles. The minimum Gasteiger partial charge on any atom is -0.351 e. The van der Waals surface area contributed by atoms with Crippen LogP contribution in [-0.2, 0) is 11.2 Å². The molecular formula is C21H33N5OS. The highest BCUT2D eigenvalue weighted by Crippen LogP contribution is 2.36. The van der Waals surface area contributed by atoms with Crippen LogP contribution < -0.4 is 10.2 Å². The topological polar surface area (TPSA) is 61.4 Å². The largest absolute Gasteiger partial charge is 0.351 e. The molecule has 0 spiro atoms. The van der Waals surface area contributed by atoms with Crippen molar-refractivity contribution >= 4 is 29.6 Å². The molecule has 2 fully saturated rings. The second-order valence-electron chi connectivity index (χ2n) is 8.78. The number of nitrogens with zero attached hydrogens (tertiary/aromatic N) is 4. The van der Waals surface area contributed by atoms with Crippen molar-refractivity contribution < 1.29 is 4.79 Å². The lowest BCUT2D eigenvalue weighted by molar-refractivity contribution is -0.119. The van der Waals surface area contributed by atoms with E-state index in [0.717, 1.165) is 50.2 Å². The molecule has 4 rings (SSSR count). The van der Waals surface area contributed by atoms with Crippen molar-refractivity contribution in [3.63, 3.8) is 0 Å². The molecular weight excluding hydrogens is 370 g/mol. The minimum absolute atomic E-state index is 0.231. The maximum Gasteiger partial charge on any atom is 0.228 e. The summed E-state index contributed by atoms with van der Waals surface area (Å²) in [5, 5.41) is 4.18. The third kappa shape index (κ3) is 4.30. The van der Waals surface area contributed by atoms with E-state index in [4.69, 9.17) is 4.98 Å². The maximum absolute atomic E-state index is 12.8. The summed E-state index contributed by atoms with van der Waals surface area (Å²) < 4.78 is 2.47. The number of rotatable bonds is 5. The number of anilines is 2. The second-order valence-corrected chi connectivity index (χ2v) is 10.5. The lowest BCUT2D eigenvalue weighted by Gasteiger charge is -2.36. The number of aryl methyl sites for hydroxylation is 1. The van der Waals surface area contributed by atoms with E-state index >= 15 is 0 Å². The third-order valence-corrected chi connectivity index (χ3v) is 7.33. The van der Waals surface area contributed by atoms with Gasteiger partial charge in [-0.2, -0.15) is 4.98 Å². The lowest BCUT2D eigenvalue weighted by Crippen LogP contribution is -2.45. The van der Waals surface area contributed by atoms with Crippen molar-refractivity contribution in [3.8, 4) is 0 Å². The molecule has 0 bridgehead atoms. The van der Waals surface area contributed by atoms with Crippen LogP contribution in [0.2, 0.25) is 0 Å². The third-order valence-electron chi connectivity index (χ3n) is 6.24. The van der Waals surface area contributed by atoms with E-state index in [1.807, 2.05) is 23.0 Å². The van der Waals surface area contributed by atoms with Gasteiger partial charge in [0.25, 0.3) is 0 Å². The number of amides is 1. The van der Waals surface area contributed by atoms with Crippen LogP contribution >= 0.6 is 11.9 Å². The summed E-state index contributed by atoms with van der Waals surface area (Å²) in [6.07, 6.45) is 8.97. The molecule has 1 aromatic rings. The first-order chi connectivity index (χ1) is 13.5. The average Bonchev–Trinajstić information content (AvgIpc) is 3.08. The number of nitrogens with one attached hydrogen (secondary N) is 1. The zero-order valence-corrected chi connectivity index (χ0v) is 18.2. The molecule has 1 aromatic heterocycles. The summed E-state index contributed by atoms with van der Waals surface area (Å²) in [6, 6.07) is 0.700. The smallest absolute Gasteiger partial charge is 0.228 e. The van der Waals surface area contributed by atoms with Crippen molar-refractivity contribution in [2.75, 3.05) is 23.3 Å². The van der Waals surface area contributed by atoms with Gasteiger partial charge in [0.05, 0.1) is 0 Å². The Morgan fingerprint density at radius 3 is 2.64 bits per heavy atom. The molecule has 3 heterocycles. The number of aromatic nitrogens is 2. The highest BCUT2D eigenvalue weighted by atomic mass is 32.2. The highest BCUT2D eigenvalue weighted by Gasteiger charge is 2.37. The molecule has 1 saturated carbocycles. The molecule has 1 aliphatic carbocycles. The Labute approximate surface area is 173 Å². The van der Waals surface area contributed by atoms with Crippen LogP contribution in [0.5, 0.6) is 0 Å². The number of fused-ring (bicyclic) bond motifs is 1. The van der Waals surface area contributed by atoms with Crippen LogP contribution in [0, 0.1) is 5.92 Å². The van der Waals surface area contributed by atoms with Gasteiger partial charge in [-0.25, -0.2) is 4.98 Å². The first kappa shape index (κ1) is 20.0. The molecule has 1 saturated heterocycles. The van der Waals surface area contributed by atoms with Gasteiger partial charge in [-0.15, -0.1) is 0 Å². The molecule has 3 aliphatic rings. The van der Waals surface area contributed by atoms with Crippen LogP contribution in [0.25, 0.3) is 0 Å². The predicted octanol–water partition coefficient (Wildman–Crippen LogP) is 3.88. The SMILES string of the molecule is CC(C)SN1CCC(Nc2ncc3c(n2)N(C2CCCC2C)C(=O)CC3)CC1. The zero-order valence-electron chi connectivity index (χ0n) is 17.4. The van der Waals surface area contributed by atoms with E-state index < -0.39 is 0 Å². The van der Waals surface area contributed by atoms with Gasteiger partial charge in [0.15, 0.2) is 0 Å². The lowest BCUT2D eigenvalue weighted by atomic mass is 9.99. The van der Waals surface area contributed by atoms with E-state index in [0.29, 0.717) is 35.6 Å². The van der Waals surface area contributed by atoms with Gasteiger partial charge >= 0.3 is 0 Å². The molecule has 1 N–H and O–H groups in total. The van der Waals surface area contributed by atoms with Gasteiger partial charge in [0, 0.05) is 48.6 Å². The fraction of sp³-hybridized carbons (Fsp3) is 0.762. The predicted molar refractivity (Wildman–Crippen MR) is 116 cm³/mol. The summed E-state index contributed by atoms with van der Waals surface area (Å²) in [5.41, 5.74) is 1.12. The molecule has 7 heteroatoms. The van der Waals surface area contributed by atoms with Crippen LogP contribution in [0.4, 0.5) is 11.8 Å². The summed E-state index contributed by atoms with van der Waals surface area (Å²) >= 11 is 1.95.